The molecular weight excluding hydrogens is 358 g/mol. The van der Waals surface area contributed by atoms with Gasteiger partial charge in [-0.05, 0) is 89.1 Å². The summed E-state index contributed by atoms with van der Waals surface area (Å²) in [6.07, 6.45) is 8.53. The van der Waals surface area contributed by atoms with Gasteiger partial charge in [0.15, 0.2) is 0 Å². The molecule has 0 aromatic heterocycles. The van der Waals surface area contributed by atoms with Crippen molar-refractivity contribution in [3.63, 3.8) is 0 Å². The Morgan fingerprint density at radius 3 is 2.04 bits per heavy atom. The Bertz CT molecular complexity index is 606. The number of esters is 1. The molecule has 2 N–H and O–H groups in total. The van der Waals surface area contributed by atoms with Gasteiger partial charge in [0, 0.05) is 5.54 Å². The summed E-state index contributed by atoms with van der Waals surface area (Å²) in [6.45, 7) is 3.14. The number of likely N-dealkylation sites (tertiary alicyclic amines) is 1. The summed E-state index contributed by atoms with van der Waals surface area (Å²) in [4.78, 5) is 38.9. The highest BCUT2D eigenvalue weighted by Crippen LogP contribution is 2.55. The number of rotatable bonds is 4. The van der Waals surface area contributed by atoms with Gasteiger partial charge >= 0.3 is 12.0 Å². The number of carbonyl (C=O) groups is 3. The number of ether oxygens (including phenoxy) is 1. The van der Waals surface area contributed by atoms with Crippen LogP contribution < -0.4 is 10.6 Å². The van der Waals surface area contributed by atoms with E-state index in [1.54, 1.807) is 0 Å². The molecule has 0 spiro atoms. The molecule has 156 valence electrons. The number of nitrogens with zero attached hydrogens (tertiary/aromatic N) is 1. The maximum Gasteiger partial charge on any atom is 0.321 e. The van der Waals surface area contributed by atoms with Crippen LogP contribution in [0.1, 0.15) is 58.3 Å². The first-order valence-electron chi connectivity index (χ1n) is 10.8. The summed E-state index contributed by atoms with van der Waals surface area (Å²) in [5, 5.41) is 5.77. The molecule has 1 saturated heterocycles. The van der Waals surface area contributed by atoms with E-state index in [-0.39, 0.29) is 35.4 Å². The molecule has 4 bridgehead atoms. The highest BCUT2D eigenvalue weighted by Gasteiger charge is 2.51. The molecule has 5 rings (SSSR count). The monoisotopic (exact) mass is 391 g/mol. The lowest BCUT2D eigenvalue weighted by Gasteiger charge is -2.56. The molecule has 4 aliphatic carbocycles. The third-order valence-electron chi connectivity index (χ3n) is 7.64. The van der Waals surface area contributed by atoms with Gasteiger partial charge in [0.05, 0.1) is 19.1 Å². The molecule has 3 amide bonds. The number of urea groups is 1. The van der Waals surface area contributed by atoms with Crippen molar-refractivity contribution in [3.8, 4) is 0 Å². The molecule has 4 saturated carbocycles. The van der Waals surface area contributed by atoms with Crippen LogP contribution in [0.3, 0.4) is 0 Å². The molecule has 0 aromatic carbocycles. The molecule has 5 aliphatic rings. The first-order chi connectivity index (χ1) is 13.4. The Morgan fingerprint density at radius 1 is 1.00 bits per heavy atom. The number of imide groups is 1. The van der Waals surface area contributed by atoms with E-state index in [4.69, 9.17) is 4.74 Å². The summed E-state index contributed by atoms with van der Waals surface area (Å²) in [5.74, 6) is 1.72. The molecule has 7 nitrogen and oxygen atoms in total. The number of nitrogens with one attached hydrogen (secondary N) is 2. The Labute approximate surface area is 166 Å². The molecular formula is C21H33N3O4. The first-order valence-corrected chi connectivity index (χ1v) is 10.8. The van der Waals surface area contributed by atoms with Crippen molar-refractivity contribution < 1.29 is 19.1 Å². The van der Waals surface area contributed by atoms with Crippen LogP contribution in [0.5, 0.6) is 0 Å². The Morgan fingerprint density at radius 2 is 1.54 bits per heavy atom. The summed E-state index contributed by atoms with van der Waals surface area (Å²) in [6, 6.07) is -0.732. The quantitative estimate of drug-likeness (QED) is 0.716. The Kier molecular flexibility index (Phi) is 5.38. The van der Waals surface area contributed by atoms with Gasteiger partial charge < -0.3 is 10.1 Å². The maximum absolute atomic E-state index is 12.6. The van der Waals surface area contributed by atoms with Gasteiger partial charge in [-0.25, -0.2) is 4.79 Å². The summed E-state index contributed by atoms with van der Waals surface area (Å²) in [7, 11) is 1.41. The van der Waals surface area contributed by atoms with Gasteiger partial charge in [0.25, 0.3) is 0 Å². The molecule has 0 unspecified atom stereocenters. The number of carbonyl (C=O) groups excluding carboxylic acids is 3. The van der Waals surface area contributed by atoms with Crippen LogP contribution in [-0.4, -0.2) is 54.6 Å². The SMILES string of the molecule is COC(=O)C1CCN([C@H](C)C(=O)NC(=O)NC23CC4CC(CC(C4)C2)C3)CC1. The van der Waals surface area contributed by atoms with Gasteiger partial charge in [0.1, 0.15) is 0 Å². The fourth-order valence-electron chi connectivity index (χ4n) is 6.61. The third-order valence-corrected chi connectivity index (χ3v) is 7.64. The van der Waals surface area contributed by atoms with E-state index in [9.17, 15) is 14.4 Å². The van der Waals surface area contributed by atoms with Gasteiger partial charge in [-0.1, -0.05) is 0 Å². The van der Waals surface area contributed by atoms with Crippen LogP contribution in [0.15, 0.2) is 0 Å². The van der Waals surface area contributed by atoms with E-state index in [2.05, 4.69) is 10.6 Å². The normalized spacial score (nSPS) is 36.0. The van der Waals surface area contributed by atoms with Crippen molar-refractivity contribution in [3.05, 3.63) is 0 Å². The summed E-state index contributed by atoms with van der Waals surface area (Å²) < 4.78 is 4.81. The van der Waals surface area contributed by atoms with Crippen LogP contribution in [0.2, 0.25) is 0 Å². The number of hydrogen-bond donors (Lipinski definition) is 2. The van der Waals surface area contributed by atoms with Gasteiger partial charge in [-0.3, -0.25) is 19.8 Å². The lowest BCUT2D eigenvalue weighted by atomic mass is 9.53. The van der Waals surface area contributed by atoms with Crippen LogP contribution in [0.4, 0.5) is 4.79 Å². The van der Waals surface area contributed by atoms with Crippen molar-refractivity contribution in [1.82, 2.24) is 15.5 Å². The molecule has 0 aromatic rings. The van der Waals surface area contributed by atoms with Crippen molar-refractivity contribution >= 4 is 17.9 Å². The zero-order chi connectivity index (χ0) is 19.9. The van der Waals surface area contributed by atoms with Crippen molar-refractivity contribution in [2.45, 2.75) is 69.9 Å². The van der Waals surface area contributed by atoms with E-state index in [1.165, 1.54) is 26.4 Å². The average Bonchev–Trinajstić information content (AvgIpc) is 2.65. The van der Waals surface area contributed by atoms with Crippen LogP contribution in [0.25, 0.3) is 0 Å². The second kappa shape index (κ2) is 7.65. The molecule has 1 atom stereocenters. The summed E-state index contributed by atoms with van der Waals surface area (Å²) in [5.41, 5.74) is -0.0960. The standard InChI is InChI=1S/C21H33N3O4/c1-13(24-5-3-17(4-6-24)19(26)28-2)18(25)22-20(27)23-21-10-14-7-15(11-21)9-16(8-14)12-21/h13-17H,3-12H2,1-2H3,(H2,22,23,25,27)/t13-,14?,15?,16?,21?/m1/s1. The molecule has 7 heteroatoms. The van der Waals surface area contributed by atoms with Crippen LogP contribution in [0, 0.1) is 23.7 Å². The van der Waals surface area contributed by atoms with Gasteiger partial charge in [-0.15, -0.1) is 0 Å². The van der Waals surface area contributed by atoms with E-state index in [1.807, 2.05) is 11.8 Å². The molecule has 1 aliphatic heterocycles. The van der Waals surface area contributed by atoms with Crippen LogP contribution in [-0.2, 0) is 14.3 Å². The highest BCUT2D eigenvalue weighted by atomic mass is 16.5. The Hall–Kier alpha value is -1.63. The third kappa shape index (κ3) is 3.91. The zero-order valence-electron chi connectivity index (χ0n) is 17.0. The van der Waals surface area contributed by atoms with E-state index in [0.29, 0.717) is 25.9 Å². The second-order valence-electron chi connectivity index (χ2n) is 9.65. The van der Waals surface area contributed by atoms with Crippen molar-refractivity contribution in [2.24, 2.45) is 23.7 Å². The number of hydrogen-bond acceptors (Lipinski definition) is 5. The lowest BCUT2D eigenvalue weighted by Crippen LogP contribution is -2.62. The lowest BCUT2D eigenvalue weighted by molar-refractivity contribution is -0.147. The predicted molar refractivity (Wildman–Crippen MR) is 103 cm³/mol. The molecule has 0 radical (unpaired) electrons. The minimum Gasteiger partial charge on any atom is -0.469 e. The Balaban J connectivity index is 1.27. The van der Waals surface area contributed by atoms with E-state index >= 15 is 0 Å². The van der Waals surface area contributed by atoms with Gasteiger partial charge in [-0.2, -0.15) is 0 Å². The zero-order valence-corrected chi connectivity index (χ0v) is 17.0. The molecule has 28 heavy (non-hydrogen) atoms. The maximum atomic E-state index is 12.6. The fraction of sp³-hybridized carbons (Fsp3) is 0.857. The van der Waals surface area contributed by atoms with Crippen LogP contribution >= 0.6 is 0 Å². The van der Waals surface area contributed by atoms with E-state index in [0.717, 1.165) is 37.0 Å². The first kappa shape index (κ1) is 19.7. The second-order valence-corrected chi connectivity index (χ2v) is 9.65. The predicted octanol–water partition coefficient (Wildman–Crippen LogP) is 2.05. The number of amides is 3. The largest absolute Gasteiger partial charge is 0.469 e. The molecule has 1 heterocycles. The average molecular weight is 392 g/mol. The fourth-order valence-corrected chi connectivity index (χ4v) is 6.61. The van der Waals surface area contributed by atoms with Crippen molar-refractivity contribution in [1.29, 1.82) is 0 Å². The summed E-state index contributed by atoms with van der Waals surface area (Å²) >= 11 is 0. The number of piperidine rings is 1. The number of methoxy groups -OCH3 is 1. The minimum absolute atomic E-state index is 0.0871. The van der Waals surface area contributed by atoms with Gasteiger partial charge in [0.2, 0.25) is 5.91 Å². The highest BCUT2D eigenvalue weighted by molar-refractivity contribution is 5.97. The van der Waals surface area contributed by atoms with E-state index < -0.39 is 0 Å². The topological polar surface area (TPSA) is 87.7 Å². The minimum atomic E-state index is -0.388. The smallest absolute Gasteiger partial charge is 0.321 e. The van der Waals surface area contributed by atoms with Crippen molar-refractivity contribution in [2.75, 3.05) is 20.2 Å². The molecule has 5 fully saturated rings.